The zero-order valence-corrected chi connectivity index (χ0v) is 15.2. The van der Waals surface area contributed by atoms with E-state index in [-0.39, 0.29) is 0 Å². The van der Waals surface area contributed by atoms with Crippen LogP contribution in [-0.4, -0.2) is 31.2 Å². The van der Waals surface area contributed by atoms with Crippen molar-refractivity contribution in [2.75, 3.05) is 13.7 Å². The lowest BCUT2D eigenvalue weighted by molar-refractivity contribution is 0.192. The van der Waals surface area contributed by atoms with Crippen LogP contribution in [0.5, 0.6) is 0 Å². The molecule has 0 bridgehead atoms. The van der Waals surface area contributed by atoms with Crippen molar-refractivity contribution < 1.29 is 22.3 Å². The summed E-state index contributed by atoms with van der Waals surface area (Å²) in [6.07, 6.45) is 18.4. The monoisotopic (exact) mass is 340 g/mol. The van der Waals surface area contributed by atoms with Crippen LogP contribution in [0.25, 0.3) is 0 Å². The fourth-order valence-corrected chi connectivity index (χ4v) is 2.26. The van der Waals surface area contributed by atoms with E-state index in [0.717, 1.165) is 6.61 Å². The van der Waals surface area contributed by atoms with E-state index in [0.29, 0.717) is 0 Å². The maximum atomic E-state index is 8.74. The second kappa shape index (κ2) is 18.9. The highest BCUT2D eigenvalue weighted by atomic mass is 32.3. The molecule has 0 spiro atoms. The van der Waals surface area contributed by atoms with Gasteiger partial charge in [-0.2, -0.15) is 8.42 Å². The smallest absolute Gasteiger partial charge is 0.385 e. The normalized spacial score (nSPS) is 11.1. The lowest BCUT2D eigenvalue weighted by Crippen LogP contribution is -1.89. The zero-order chi connectivity index (χ0) is 17.1. The molecule has 0 aliphatic rings. The highest BCUT2D eigenvalue weighted by molar-refractivity contribution is 7.79. The van der Waals surface area contributed by atoms with E-state index in [9.17, 15) is 0 Å². The molecule has 136 valence electrons. The van der Waals surface area contributed by atoms with Crippen molar-refractivity contribution in [3.05, 3.63) is 0 Å². The number of hydrogen-bond donors (Lipinski definition) is 2. The number of hydrogen-bond acceptors (Lipinski definition) is 3. The summed E-state index contributed by atoms with van der Waals surface area (Å²) in [6.45, 7) is 3.23. The highest BCUT2D eigenvalue weighted by Crippen LogP contribution is 2.12. The maximum Gasteiger partial charge on any atom is 0.394 e. The molecule has 6 heteroatoms. The topological polar surface area (TPSA) is 83.8 Å². The molecule has 0 saturated carbocycles. The summed E-state index contributed by atoms with van der Waals surface area (Å²) in [5.74, 6) is 0. The maximum absolute atomic E-state index is 8.74. The molecule has 0 aromatic rings. The second-order valence-electron chi connectivity index (χ2n) is 5.68. The molecule has 0 rings (SSSR count). The summed E-state index contributed by atoms with van der Waals surface area (Å²) in [5.41, 5.74) is 0. The van der Waals surface area contributed by atoms with E-state index >= 15 is 0 Å². The fraction of sp³-hybridized carbons (Fsp3) is 1.00. The SMILES string of the molecule is CCCCCCCCCCCCCCCOC.O=S(=O)(O)O. The van der Waals surface area contributed by atoms with Gasteiger partial charge in [-0.25, -0.2) is 0 Å². The molecule has 22 heavy (non-hydrogen) atoms. The van der Waals surface area contributed by atoms with Gasteiger partial charge in [0, 0.05) is 13.7 Å². The van der Waals surface area contributed by atoms with E-state index < -0.39 is 10.4 Å². The van der Waals surface area contributed by atoms with Crippen molar-refractivity contribution in [1.82, 2.24) is 0 Å². The summed E-state index contributed by atoms with van der Waals surface area (Å²) in [4.78, 5) is 0. The van der Waals surface area contributed by atoms with Crippen LogP contribution in [0, 0.1) is 0 Å². The average molecular weight is 341 g/mol. The minimum Gasteiger partial charge on any atom is -0.385 e. The van der Waals surface area contributed by atoms with Crippen molar-refractivity contribution in [2.45, 2.75) is 90.4 Å². The molecule has 0 heterocycles. The Morgan fingerprint density at radius 3 is 1.23 bits per heavy atom. The van der Waals surface area contributed by atoms with Crippen LogP contribution in [0.15, 0.2) is 0 Å². The molecular weight excluding hydrogens is 304 g/mol. The second-order valence-corrected chi connectivity index (χ2v) is 6.58. The number of unbranched alkanes of at least 4 members (excludes halogenated alkanes) is 12. The third-order valence-corrected chi connectivity index (χ3v) is 3.45. The van der Waals surface area contributed by atoms with Gasteiger partial charge in [-0.15, -0.1) is 0 Å². The van der Waals surface area contributed by atoms with Gasteiger partial charge in [0.25, 0.3) is 0 Å². The summed E-state index contributed by atoms with van der Waals surface area (Å²) in [5, 5.41) is 0. The molecule has 0 fully saturated rings. The quantitative estimate of drug-likeness (QED) is 0.340. The average Bonchev–Trinajstić information content (AvgIpc) is 2.42. The van der Waals surface area contributed by atoms with E-state index in [2.05, 4.69) is 6.92 Å². The van der Waals surface area contributed by atoms with Gasteiger partial charge in [-0.05, 0) is 6.42 Å². The van der Waals surface area contributed by atoms with Crippen LogP contribution < -0.4 is 0 Å². The lowest BCUT2D eigenvalue weighted by Gasteiger charge is -2.02. The molecule has 0 aromatic carbocycles. The number of methoxy groups -OCH3 is 1. The predicted molar refractivity (Wildman–Crippen MR) is 91.7 cm³/mol. The third-order valence-electron chi connectivity index (χ3n) is 3.45. The molecule has 2 N–H and O–H groups in total. The number of rotatable bonds is 14. The molecule has 5 nitrogen and oxygen atoms in total. The van der Waals surface area contributed by atoms with Crippen molar-refractivity contribution in [3.8, 4) is 0 Å². The Morgan fingerprint density at radius 1 is 0.682 bits per heavy atom. The summed E-state index contributed by atoms with van der Waals surface area (Å²) in [7, 11) is -2.87. The van der Waals surface area contributed by atoms with Gasteiger partial charge in [0.1, 0.15) is 0 Å². The van der Waals surface area contributed by atoms with Gasteiger partial charge >= 0.3 is 10.4 Å². The molecule has 0 radical (unpaired) electrons. The Kier molecular flexibility index (Phi) is 20.7. The van der Waals surface area contributed by atoms with Crippen molar-refractivity contribution >= 4 is 10.4 Å². The minimum absolute atomic E-state index is 0.942. The van der Waals surface area contributed by atoms with Gasteiger partial charge in [-0.3, -0.25) is 9.11 Å². The fourth-order valence-electron chi connectivity index (χ4n) is 2.26. The molecule has 0 aromatic heterocycles. The highest BCUT2D eigenvalue weighted by Gasteiger charge is 1.93. The van der Waals surface area contributed by atoms with Crippen LogP contribution in [0.2, 0.25) is 0 Å². The standard InChI is InChI=1S/C16H34O.H2O4S/c1-3-4-5-6-7-8-9-10-11-12-13-14-15-16-17-2;1-5(2,3)4/h3-16H2,1-2H3;(H2,1,2,3,4). The number of ether oxygens (including phenoxy) is 1. The first kappa shape index (κ1) is 24.1. The molecule has 0 atom stereocenters. The molecule has 0 aliphatic carbocycles. The van der Waals surface area contributed by atoms with Crippen LogP contribution >= 0.6 is 0 Å². The Hall–Kier alpha value is -0.170. The third kappa shape index (κ3) is 36.8. The Bertz CT molecular complexity index is 269. The Labute approximate surface area is 137 Å². The Balaban J connectivity index is 0. The van der Waals surface area contributed by atoms with E-state index in [1.165, 1.54) is 83.5 Å². The molecule has 0 saturated heterocycles. The van der Waals surface area contributed by atoms with Gasteiger partial charge < -0.3 is 4.74 Å². The van der Waals surface area contributed by atoms with Crippen molar-refractivity contribution in [1.29, 1.82) is 0 Å². The van der Waals surface area contributed by atoms with Crippen LogP contribution in [0.1, 0.15) is 90.4 Å². The van der Waals surface area contributed by atoms with Crippen LogP contribution in [0.4, 0.5) is 0 Å². The van der Waals surface area contributed by atoms with Gasteiger partial charge in [0.05, 0.1) is 0 Å². The van der Waals surface area contributed by atoms with Gasteiger partial charge in [0.15, 0.2) is 0 Å². The summed E-state index contributed by atoms with van der Waals surface area (Å²) in [6, 6.07) is 0. The Morgan fingerprint density at radius 2 is 0.955 bits per heavy atom. The molecule has 0 unspecified atom stereocenters. The first-order chi connectivity index (χ1) is 10.4. The molecular formula is C16H36O5S. The summed E-state index contributed by atoms with van der Waals surface area (Å²) >= 11 is 0. The first-order valence-corrected chi connectivity index (χ1v) is 10.00. The van der Waals surface area contributed by atoms with E-state index in [1.54, 1.807) is 7.11 Å². The largest absolute Gasteiger partial charge is 0.394 e. The first-order valence-electron chi connectivity index (χ1n) is 8.60. The van der Waals surface area contributed by atoms with Gasteiger partial charge in [0.2, 0.25) is 0 Å². The van der Waals surface area contributed by atoms with E-state index in [1.807, 2.05) is 0 Å². The van der Waals surface area contributed by atoms with E-state index in [4.69, 9.17) is 22.3 Å². The minimum atomic E-state index is -4.67. The summed E-state index contributed by atoms with van der Waals surface area (Å²) < 4.78 is 36.6. The zero-order valence-electron chi connectivity index (χ0n) is 14.4. The lowest BCUT2D eigenvalue weighted by atomic mass is 10.0. The molecule has 0 amide bonds. The predicted octanol–water partition coefficient (Wildman–Crippen LogP) is 5.07. The van der Waals surface area contributed by atoms with Gasteiger partial charge in [-0.1, -0.05) is 84.0 Å². The van der Waals surface area contributed by atoms with Crippen LogP contribution in [0.3, 0.4) is 0 Å². The van der Waals surface area contributed by atoms with Crippen LogP contribution in [-0.2, 0) is 15.1 Å². The van der Waals surface area contributed by atoms with Crippen molar-refractivity contribution in [2.24, 2.45) is 0 Å². The van der Waals surface area contributed by atoms with Crippen molar-refractivity contribution in [3.63, 3.8) is 0 Å². The molecule has 0 aliphatic heterocycles.